The molecule has 0 aromatic heterocycles. The van der Waals surface area contributed by atoms with E-state index in [4.69, 9.17) is 0 Å². The number of benzene rings is 1. The molecule has 1 aromatic rings. The molecule has 2 aliphatic heterocycles. The smallest absolute Gasteiger partial charge is 0.253 e. The fourth-order valence-electron chi connectivity index (χ4n) is 3.56. The quantitative estimate of drug-likeness (QED) is 0.916. The maximum absolute atomic E-state index is 12.7. The Balaban J connectivity index is 1.63. The zero-order chi connectivity index (χ0) is 16.2. The van der Waals surface area contributed by atoms with Crippen LogP contribution in [-0.4, -0.2) is 60.9 Å². The average molecular weight is 315 g/mol. The molecule has 2 aliphatic rings. The Morgan fingerprint density at radius 2 is 2.00 bits per heavy atom. The Morgan fingerprint density at radius 3 is 2.70 bits per heavy atom. The molecule has 124 valence electrons. The maximum atomic E-state index is 12.7. The third-order valence-corrected chi connectivity index (χ3v) is 5.01. The normalized spacial score (nSPS) is 24.5. The molecule has 0 radical (unpaired) electrons. The van der Waals surface area contributed by atoms with Crippen LogP contribution in [0, 0.1) is 5.92 Å². The number of nitrogens with zero attached hydrogens (tertiary/aromatic N) is 2. The van der Waals surface area contributed by atoms with Gasteiger partial charge < -0.3 is 15.1 Å². The molecular formula is C18H25N3O2. The fourth-order valence-corrected chi connectivity index (χ4v) is 3.56. The van der Waals surface area contributed by atoms with E-state index in [1.807, 2.05) is 47.2 Å². The van der Waals surface area contributed by atoms with Gasteiger partial charge in [0, 0.05) is 38.3 Å². The van der Waals surface area contributed by atoms with Crippen LogP contribution in [0.1, 0.15) is 29.6 Å². The van der Waals surface area contributed by atoms with E-state index in [0.717, 1.165) is 38.9 Å². The van der Waals surface area contributed by atoms with Crippen molar-refractivity contribution in [1.29, 1.82) is 0 Å². The van der Waals surface area contributed by atoms with Gasteiger partial charge in [-0.1, -0.05) is 18.2 Å². The van der Waals surface area contributed by atoms with Crippen LogP contribution in [0.25, 0.3) is 0 Å². The van der Waals surface area contributed by atoms with E-state index in [1.54, 1.807) is 0 Å². The van der Waals surface area contributed by atoms with Crippen LogP contribution in [0.3, 0.4) is 0 Å². The van der Waals surface area contributed by atoms with Crippen molar-refractivity contribution in [3.63, 3.8) is 0 Å². The standard InChI is InChI=1S/C18H25N3O2/c1-20(16-9-10-19-12-16)17(22)15-8-5-11-21(13-15)18(23)14-6-3-2-4-7-14/h2-4,6-7,15-16,19H,5,8-13H2,1H3. The SMILES string of the molecule is CN(C(=O)C1CCCN(C(=O)c2ccccc2)C1)C1CCNC1. The van der Waals surface area contributed by atoms with Gasteiger partial charge in [-0.15, -0.1) is 0 Å². The first-order valence-electron chi connectivity index (χ1n) is 8.48. The van der Waals surface area contributed by atoms with E-state index in [-0.39, 0.29) is 17.7 Å². The van der Waals surface area contributed by atoms with Gasteiger partial charge >= 0.3 is 0 Å². The summed E-state index contributed by atoms with van der Waals surface area (Å²) in [6.45, 7) is 3.14. The molecule has 2 unspecified atom stereocenters. The summed E-state index contributed by atoms with van der Waals surface area (Å²) < 4.78 is 0. The lowest BCUT2D eigenvalue weighted by molar-refractivity contribution is -0.137. The monoisotopic (exact) mass is 315 g/mol. The summed E-state index contributed by atoms with van der Waals surface area (Å²) in [5.41, 5.74) is 0.703. The number of amides is 2. The molecule has 0 saturated carbocycles. The number of piperidine rings is 1. The second-order valence-electron chi connectivity index (χ2n) is 6.55. The van der Waals surface area contributed by atoms with E-state index >= 15 is 0 Å². The van der Waals surface area contributed by atoms with Gasteiger partial charge in [-0.25, -0.2) is 0 Å². The molecule has 2 saturated heterocycles. The molecule has 2 atom stereocenters. The molecule has 1 aromatic carbocycles. The van der Waals surface area contributed by atoms with E-state index in [9.17, 15) is 9.59 Å². The van der Waals surface area contributed by atoms with Crippen LogP contribution in [0.2, 0.25) is 0 Å². The predicted molar refractivity (Wildman–Crippen MR) is 89.1 cm³/mol. The Morgan fingerprint density at radius 1 is 1.22 bits per heavy atom. The molecule has 0 aliphatic carbocycles. The summed E-state index contributed by atoms with van der Waals surface area (Å²) in [5, 5.41) is 3.30. The molecule has 5 heteroatoms. The lowest BCUT2D eigenvalue weighted by atomic mass is 9.95. The van der Waals surface area contributed by atoms with E-state index in [2.05, 4.69) is 5.32 Å². The fraction of sp³-hybridized carbons (Fsp3) is 0.556. The zero-order valence-corrected chi connectivity index (χ0v) is 13.7. The highest BCUT2D eigenvalue weighted by Crippen LogP contribution is 2.22. The first-order valence-corrected chi connectivity index (χ1v) is 8.48. The minimum atomic E-state index is -0.0676. The number of likely N-dealkylation sites (tertiary alicyclic amines) is 1. The largest absolute Gasteiger partial charge is 0.341 e. The summed E-state index contributed by atoms with van der Waals surface area (Å²) in [7, 11) is 1.90. The topological polar surface area (TPSA) is 52.7 Å². The lowest BCUT2D eigenvalue weighted by Crippen LogP contribution is -2.48. The van der Waals surface area contributed by atoms with Crippen molar-refractivity contribution in [3.8, 4) is 0 Å². The third-order valence-electron chi connectivity index (χ3n) is 5.01. The third kappa shape index (κ3) is 3.55. The van der Waals surface area contributed by atoms with Crippen molar-refractivity contribution in [3.05, 3.63) is 35.9 Å². The average Bonchev–Trinajstić information content (AvgIpc) is 3.15. The molecule has 23 heavy (non-hydrogen) atoms. The van der Waals surface area contributed by atoms with Crippen molar-refractivity contribution in [2.45, 2.75) is 25.3 Å². The van der Waals surface area contributed by atoms with Crippen LogP contribution >= 0.6 is 0 Å². The van der Waals surface area contributed by atoms with E-state index < -0.39 is 0 Å². The van der Waals surface area contributed by atoms with E-state index in [0.29, 0.717) is 18.2 Å². The highest BCUT2D eigenvalue weighted by atomic mass is 16.2. The summed E-state index contributed by atoms with van der Waals surface area (Å²) in [5.74, 6) is 0.152. The molecule has 2 fully saturated rings. The van der Waals surface area contributed by atoms with Crippen LogP contribution in [0.5, 0.6) is 0 Å². The predicted octanol–water partition coefficient (Wildman–Crippen LogP) is 1.36. The van der Waals surface area contributed by atoms with Gasteiger partial charge in [-0.05, 0) is 37.9 Å². The summed E-state index contributed by atoms with van der Waals surface area (Å²) >= 11 is 0. The Bertz CT molecular complexity index is 555. The van der Waals surface area contributed by atoms with Crippen molar-refractivity contribution in [2.24, 2.45) is 5.92 Å². The Labute approximate surface area is 137 Å². The second-order valence-corrected chi connectivity index (χ2v) is 6.55. The van der Waals surface area contributed by atoms with Crippen LogP contribution in [-0.2, 0) is 4.79 Å². The van der Waals surface area contributed by atoms with Crippen molar-refractivity contribution in [2.75, 3.05) is 33.2 Å². The molecular weight excluding hydrogens is 290 g/mol. The van der Waals surface area contributed by atoms with Crippen molar-refractivity contribution in [1.82, 2.24) is 15.1 Å². The number of carbonyl (C=O) groups excluding carboxylic acids is 2. The molecule has 0 spiro atoms. The number of carbonyl (C=O) groups is 2. The highest BCUT2D eigenvalue weighted by molar-refractivity contribution is 5.94. The first-order chi connectivity index (χ1) is 11.2. The minimum absolute atomic E-state index is 0.0355. The van der Waals surface area contributed by atoms with Gasteiger partial charge in [0.15, 0.2) is 0 Å². The summed E-state index contributed by atoms with van der Waals surface area (Å²) in [4.78, 5) is 29.1. The number of likely N-dealkylation sites (N-methyl/N-ethyl adjacent to an activating group) is 1. The van der Waals surface area contributed by atoms with Gasteiger partial charge in [-0.2, -0.15) is 0 Å². The van der Waals surface area contributed by atoms with Gasteiger partial charge in [0.2, 0.25) is 5.91 Å². The molecule has 2 heterocycles. The molecule has 3 rings (SSSR count). The number of nitrogens with one attached hydrogen (secondary N) is 1. The van der Waals surface area contributed by atoms with Crippen molar-refractivity contribution >= 4 is 11.8 Å². The van der Waals surface area contributed by atoms with E-state index in [1.165, 1.54) is 0 Å². The summed E-state index contributed by atoms with van der Waals surface area (Å²) in [6.07, 6.45) is 2.79. The number of rotatable bonds is 3. The minimum Gasteiger partial charge on any atom is -0.341 e. The Hall–Kier alpha value is -1.88. The molecule has 1 N–H and O–H groups in total. The van der Waals surface area contributed by atoms with Crippen LogP contribution in [0.15, 0.2) is 30.3 Å². The lowest BCUT2D eigenvalue weighted by Gasteiger charge is -2.35. The number of hydrogen-bond donors (Lipinski definition) is 1. The van der Waals surface area contributed by atoms with Gasteiger partial charge in [-0.3, -0.25) is 9.59 Å². The second kappa shape index (κ2) is 7.13. The highest BCUT2D eigenvalue weighted by Gasteiger charge is 2.33. The van der Waals surface area contributed by atoms with Gasteiger partial charge in [0.25, 0.3) is 5.91 Å². The molecule has 0 bridgehead atoms. The maximum Gasteiger partial charge on any atom is 0.253 e. The first kappa shape index (κ1) is 16.0. The summed E-state index contributed by atoms with van der Waals surface area (Å²) in [6, 6.07) is 9.63. The Kier molecular flexibility index (Phi) is 4.96. The van der Waals surface area contributed by atoms with Crippen molar-refractivity contribution < 1.29 is 9.59 Å². The van der Waals surface area contributed by atoms with Crippen LogP contribution < -0.4 is 5.32 Å². The molecule has 2 amide bonds. The number of hydrogen-bond acceptors (Lipinski definition) is 3. The van der Waals surface area contributed by atoms with Crippen LogP contribution in [0.4, 0.5) is 0 Å². The van der Waals surface area contributed by atoms with Gasteiger partial charge in [0.05, 0.1) is 5.92 Å². The zero-order valence-electron chi connectivity index (χ0n) is 13.7. The van der Waals surface area contributed by atoms with Gasteiger partial charge in [0.1, 0.15) is 0 Å². The molecule has 5 nitrogen and oxygen atoms in total.